The van der Waals surface area contributed by atoms with E-state index in [1.807, 2.05) is 24.3 Å². The molecule has 0 aromatic heterocycles. The van der Waals surface area contributed by atoms with Crippen molar-refractivity contribution >= 4 is 18.0 Å². The Morgan fingerprint density at radius 1 is 1.00 bits per heavy atom. The fourth-order valence-corrected chi connectivity index (χ4v) is 5.09. The molecule has 7 nitrogen and oxygen atoms in total. The van der Waals surface area contributed by atoms with Crippen LogP contribution < -0.4 is 10.6 Å². The van der Waals surface area contributed by atoms with Gasteiger partial charge in [-0.25, -0.2) is 9.59 Å². The minimum atomic E-state index is -1.06. The molecule has 1 atom stereocenters. The Hall–Kier alpha value is -3.61. The van der Waals surface area contributed by atoms with Crippen molar-refractivity contribution in [3.05, 3.63) is 71.8 Å². The summed E-state index contributed by atoms with van der Waals surface area (Å²) in [6, 6.07) is 16.0. The topological polar surface area (TPSA) is 105 Å². The maximum atomic E-state index is 12.8. The maximum absolute atomic E-state index is 12.8. The lowest BCUT2D eigenvalue weighted by Gasteiger charge is -2.24. The third kappa shape index (κ3) is 5.65. The molecule has 2 aromatic rings. The van der Waals surface area contributed by atoms with Crippen molar-refractivity contribution in [1.82, 2.24) is 10.6 Å². The van der Waals surface area contributed by atoms with E-state index < -0.39 is 12.1 Å². The van der Waals surface area contributed by atoms with E-state index in [1.54, 1.807) is 0 Å². The molecule has 7 heteroatoms. The first-order valence-corrected chi connectivity index (χ1v) is 11.8. The van der Waals surface area contributed by atoms with E-state index in [9.17, 15) is 14.4 Å². The highest BCUT2D eigenvalue weighted by Crippen LogP contribution is 2.44. The Morgan fingerprint density at radius 2 is 1.62 bits per heavy atom. The lowest BCUT2D eigenvalue weighted by atomic mass is 9.95. The molecule has 0 saturated heterocycles. The van der Waals surface area contributed by atoms with Crippen molar-refractivity contribution in [2.75, 3.05) is 13.2 Å². The summed E-state index contributed by atoms with van der Waals surface area (Å²) >= 11 is 0. The Labute approximate surface area is 199 Å². The molecular formula is C27H30N2O5. The Balaban J connectivity index is 1.36. The second-order valence-electron chi connectivity index (χ2n) is 8.87. The number of carbonyl (C=O) groups is 3. The SMILES string of the molecule is O=C(O)/C=C/CNC(=O)CC(NC(=O)OCC1c2ccccc2-c2ccccc21)C1CCCC1. The van der Waals surface area contributed by atoms with Gasteiger partial charge in [0.25, 0.3) is 0 Å². The van der Waals surface area contributed by atoms with Crippen molar-refractivity contribution in [3.63, 3.8) is 0 Å². The zero-order valence-electron chi connectivity index (χ0n) is 19.0. The normalized spacial score (nSPS) is 16.1. The number of rotatable bonds is 9. The van der Waals surface area contributed by atoms with Gasteiger partial charge in [-0.1, -0.05) is 67.4 Å². The number of fused-ring (bicyclic) bond motifs is 3. The average molecular weight is 463 g/mol. The van der Waals surface area contributed by atoms with Gasteiger partial charge >= 0.3 is 12.1 Å². The molecule has 178 valence electrons. The van der Waals surface area contributed by atoms with Gasteiger partial charge in [-0.2, -0.15) is 0 Å². The highest BCUT2D eigenvalue weighted by Gasteiger charge is 2.31. The highest BCUT2D eigenvalue weighted by molar-refractivity contribution is 5.81. The summed E-state index contributed by atoms with van der Waals surface area (Å²) in [5.41, 5.74) is 4.64. The first kappa shape index (κ1) is 23.5. The molecule has 0 spiro atoms. The van der Waals surface area contributed by atoms with Crippen LogP contribution in [0.3, 0.4) is 0 Å². The van der Waals surface area contributed by atoms with Crippen LogP contribution in [0.5, 0.6) is 0 Å². The molecule has 0 bridgehead atoms. The van der Waals surface area contributed by atoms with Crippen LogP contribution in [0.4, 0.5) is 4.79 Å². The van der Waals surface area contributed by atoms with Gasteiger partial charge < -0.3 is 20.5 Å². The zero-order valence-corrected chi connectivity index (χ0v) is 19.0. The largest absolute Gasteiger partial charge is 0.478 e. The van der Waals surface area contributed by atoms with E-state index in [2.05, 4.69) is 34.9 Å². The summed E-state index contributed by atoms with van der Waals surface area (Å²) < 4.78 is 5.68. The molecule has 34 heavy (non-hydrogen) atoms. The minimum Gasteiger partial charge on any atom is -0.478 e. The van der Waals surface area contributed by atoms with Crippen molar-refractivity contribution < 1.29 is 24.2 Å². The number of carbonyl (C=O) groups excluding carboxylic acids is 2. The van der Waals surface area contributed by atoms with Crippen LogP contribution in [0.25, 0.3) is 11.1 Å². The van der Waals surface area contributed by atoms with Crippen LogP contribution in [-0.4, -0.2) is 42.3 Å². The van der Waals surface area contributed by atoms with Crippen molar-refractivity contribution in [1.29, 1.82) is 0 Å². The number of amides is 2. The fraction of sp³-hybridized carbons (Fsp3) is 0.370. The predicted molar refractivity (Wildman–Crippen MR) is 128 cm³/mol. The lowest BCUT2D eigenvalue weighted by Crippen LogP contribution is -2.43. The maximum Gasteiger partial charge on any atom is 0.407 e. The predicted octanol–water partition coefficient (Wildman–Crippen LogP) is 4.23. The smallest absolute Gasteiger partial charge is 0.407 e. The molecule has 0 radical (unpaired) electrons. The number of alkyl carbamates (subject to hydrolysis) is 1. The van der Waals surface area contributed by atoms with Gasteiger partial charge in [0.05, 0.1) is 0 Å². The molecule has 1 unspecified atom stereocenters. The van der Waals surface area contributed by atoms with Gasteiger partial charge in [0.1, 0.15) is 6.61 Å². The van der Waals surface area contributed by atoms with Crippen molar-refractivity contribution in [3.8, 4) is 11.1 Å². The van der Waals surface area contributed by atoms with Crippen LogP contribution in [-0.2, 0) is 14.3 Å². The number of ether oxygens (including phenoxy) is 1. The summed E-state index contributed by atoms with van der Waals surface area (Å²) in [5.74, 6) is -1.09. The van der Waals surface area contributed by atoms with E-state index in [4.69, 9.17) is 9.84 Å². The Kier molecular flexibility index (Phi) is 7.62. The highest BCUT2D eigenvalue weighted by atomic mass is 16.5. The molecule has 2 aliphatic rings. The number of aliphatic carboxylic acids is 1. The van der Waals surface area contributed by atoms with Crippen LogP contribution in [0, 0.1) is 5.92 Å². The fourth-order valence-electron chi connectivity index (χ4n) is 5.09. The number of benzene rings is 2. The number of hydrogen-bond acceptors (Lipinski definition) is 4. The molecule has 4 rings (SSSR count). The first-order chi connectivity index (χ1) is 16.5. The molecule has 2 amide bonds. The van der Waals surface area contributed by atoms with E-state index in [0.717, 1.165) is 42.9 Å². The summed E-state index contributed by atoms with van der Waals surface area (Å²) in [6.45, 7) is 0.358. The van der Waals surface area contributed by atoms with Crippen LogP contribution >= 0.6 is 0 Å². The molecule has 3 N–H and O–H groups in total. The van der Waals surface area contributed by atoms with Gasteiger partial charge in [-0.3, -0.25) is 4.79 Å². The van der Waals surface area contributed by atoms with E-state index in [-0.39, 0.29) is 43.4 Å². The molecule has 1 fully saturated rings. The van der Waals surface area contributed by atoms with Crippen LogP contribution in [0.15, 0.2) is 60.7 Å². The summed E-state index contributed by atoms with van der Waals surface area (Å²) in [6.07, 6.45) is 6.06. The Morgan fingerprint density at radius 3 is 2.24 bits per heavy atom. The minimum absolute atomic E-state index is 0.0209. The second-order valence-corrected chi connectivity index (χ2v) is 8.87. The number of hydrogen-bond donors (Lipinski definition) is 3. The molecule has 1 saturated carbocycles. The molecule has 0 heterocycles. The standard InChI is InChI=1S/C27H30N2O5/c30-25(28-15-7-14-26(31)32)16-24(18-8-1-2-9-18)29-27(33)34-17-23-21-12-5-3-10-19(21)20-11-4-6-13-22(20)23/h3-7,10-14,18,23-24H,1-2,8-9,15-17H2,(H,28,30)(H,29,33)(H,31,32)/b14-7+. The third-order valence-corrected chi connectivity index (χ3v) is 6.70. The van der Waals surface area contributed by atoms with Crippen LogP contribution in [0.1, 0.15) is 49.1 Å². The van der Waals surface area contributed by atoms with Crippen LogP contribution in [0.2, 0.25) is 0 Å². The average Bonchev–Trinajstić information content (AvgIpc) is 3.47. The molecule has 0 aliphatic heterocycles. The summed E-state index contributed by atoms with van der Waals surface area (Å²) in [5, 5.41) is 14.3. The monoisotopic (exact) mass is 462 g/mol. The number of carboxylic acid groups (broad SMARTS) is 1. The lowest BCUT2D eigenvalue weighted by molar-refractivity contribution is -0.131. The summed E-state index contributed by atoms with van der Waals surface area (Å²) in [4.78, 5) is 35.7. The van der Waals surface area contributed by atoms with Gasteiger partial charge in [0.2, 0.25) is 5.91 Å². The van der Waals surface area contributed by atoms with Gasteiger partial charge in [0.15, 0.2) is 0 Å². The number of carboxylic acids is 1. The van der Waals surface area contributed by atoms with E-state index in [0.29, 0.717) is 0 Å². The van der Waals surface area contributed by atoms with Gasteiger partial charge in [0, 0.05) is 31.0 Å². The molecular weight excluding hydrogens is 432 g/mol. The summed E-state index contributed by atoms with van der Waals surface area (Å²) in [7, 11) is 0. The number of nitrogens with one attached hydrogen (secondary N) is 2. The quantitative estimate of drug-likeness (QED) is 0.484. The zero-order chi connectivity index (χ0) is 23.9. The van der Waals surface area contributed by atoms with Crippen molar-refractivity contribution in [2.24, 2.45) is 5.92 Å². The van der Waals surface area contributed by atoms with Gasteiger partial charge in [-0.15, -0.1) is 0 Å². The van der Waals surface area contributed by atoms with Crippen molar-refractivity contribution in [2.45, 2.75) is 44.1 Å². The van der Waals surface area contributed by atoms with Gasteiger partial charge in [-0.05, 0) is 41.0 Å². The molecule has 2 aromatic carbocycles. The van der Waals surface area contributed by atoms with E-state index >= 15 is 0 Å². The second kappa shape index (κ2) is 11.0. The molecule has 2 aliphatic carbocycles. The van der Waals surface area contributed by atoms with E-state index in [1.165, 1.54) is 17.2 Å². The third-order valence-electron chi connectivity index (χ3n) is 6.70. The Bertz CT molecular complexity index is 1030. The first-order valence-electron chi connectivity index (χ1n) is 11.8.